The lowest BCUT2D eigenvalue weighted by atomic mass is 10.1. The van der Waals surface area contributed by atoms with Crippen molar-refractivity contribution >= 4 is 23.3 Å². The molecule has 12 heteroatoms. The van der Waals surface area contributed by atoms with Crippen LogP contribution in [0.1, 0.15) is 5.56 Å². The van der Waals surface area contributed by atoms with Crippen molar-refractivity contribution in [3.63, 3.8) is 0 Å². The lowest BCUT2D eigenvalue weighted by Crippen LogP contribution is -3.00. The van der Waals surface area contributed by atoms with E-state index >= 15 is 0 Å². The number of aromatic nitrogens is 1. The molecule has 1 saturated heterocycles. The minimum absolute atomic E-state index is 0. The molecule has 4 rings (SSSR count). The monoisotopic (exact) mass is 480 g/mol. The molecule has 2 aliphatic heterocycles. The van der Waals surface area contributed by atoms with Gasteiger partial charge in [0.1, 0.15) is 0 Å². The van der Waals surface area contributed by atoms with Crippen LogP contribution in [0, 0.1) is 0 Å². The number of benzene rings is 1. The van der Waals surface area contributed by atoms with Gasteiger partial charge in [-0.05, 0) is 23.8 Å². The number of halogens is 5. The maximum atomic E-state index is 13.1. The fourth-order valence-corrected chi connectivity index (χ4v) is 3.28. The van der Waals surface area contributed by atoms with Crippen LogP contribution >= 0.6 is 11.6 Å². The van der Waals surface area contributed by atoms with E-state index in [4.69, 9.17) is 11.6 Å². The van der Waals surface area contributed by atoms with Gasteiger partial charge in [-0.1, -0.05) is 17.7 Å². The first-order chi connectivity index (χ1) is 13.4. The molecule has 7 nitrogen and oxygen atoms in total. The Hall–Kier alpha value is -2.07. The lowest BCUT2D eigenvalue weighted by Gasteiger charge is -2.34. The Bertz CT molecular complexity index is 899. The van der Waals surface area contributed by atoms with Crippen LogP contribution in [0.4, 0.5) is 19.3 Å². The number of pyridine rings is 1. The second-order valence-corrected chi connectivity index (χ2v) is 6.90. The van der Waals surface area contributed by atoms with Gasteiger partial charge < -0.3 is 44.5 Å². The minimum Gasteiger partial charge on any atom is -1.00 e. The largest absolute Gasteiger partial charge is 1.00 e. The smallest absolute Gasteiger partial charge is 0.586 e. The first kappa shape index (κ1) is 24.2. The molecule has 0 unspecified atom stereocenters. The van der Waals surface area contributed by atoms with Crippen LogP contribution in [0.15, 0.2) is 36.7 Å². The summed E-state index contributed by atoms with van der Waals surface area (Å²) in [6.45, 7) is 2.93. The number of fused-ring (bicyclic) bond motifs is 1. The van der Waals surface area contributed by atoms with Gasteiger partial charge in [-0.15, -0.1) is 8.78 Å². The third-order valence-corrected chi connectivity index (χ3v) is 4.87. The van der Waals surface area contributed by atoms with Gasteiger partial charge in [-0.3, -0.25) is 9.88 Å². The Balaban J connectivity index is 0.00000160. The Morgan fingerprint density at radius 2 is 1.83 bits per heavy atom. The molecule has 164 valence electrons. The molecule has 2 aliphatic rings. The molecule has 3 heterocycles. The molecule has 0 saturated carbocycles. The van der Waals surface area contributed by atoms with Crippen molar-refractivity contribution in [1.82, 2.24) is 14.8 Å². The molecule has 0 bridgehead atoms. The highest BCUT2D eigenvalue weighted by Crippen LogP contribution is 2.41. The van der Waals surface area contributed by atoms with Gasteiger partial charge in [-0.2, -0.15) is 0 Å². The molecule has 2 aromatic rings. The zero-order valence-electron chi connectivity index (χ0n) is 15.5. The van der Waals surface area contributed by atoms with Gasteiger partial charge in [0.05, 0.1) is 16.9 Å². The maximum absolute atomic E-state index is 13.1. The zero-order valence-corrected chi connectivity index (χ0v) is 17.7. The normalized spacial score (nSPS) is 17.0. The number of carbonyl (C=O) groups excluding carboxylic acids is 1. The van der Waals surface area contributed by atoms with E-state index in [2.05, 4.69) is 24.7 Å². The molecular weight excluding hydrogens is 465 g/mol. The summed E-state index contributed by atoms with van der Waals surface area (Å²) in [5.74, 6) is 0.0677. The Kier molecular flexibility index (Phi) is 7.93. The highest BCUT2D eigenvalue weighted by Gasteiger charge is 2.43. The van der Waals surface area contributed by atoms with Gasteiger partial charge in [-0.25, -0.2) is 4.79 Å². The van der Waals surface area contributed by atoms with Crippen LogP contribution in [0.25, 0.3) is 0 Å². The van der Waals surface area contributed by atoms with E-state index in [0.29, 0.717) is 43.4 Å². The van der Waals surface area contributed by atoms with Crippen LogP contribution in [0.5, 0.6) is 11.5 Å². The number of rotatable bonds is 3. The number of hydrogen-bond donors (Lipinski definition) is 1. The van der Waals surface area contributed by atoms with Gasteiger partial charge >= 0.3 is 12.3 Å². The maximum Gasteiger partial charge on any atom is 0.586 e. The number of nitrogens with zero attached hydrogens (tertiary/aromatic N) is 3. The summed E-state index contributed by atoms with van der Waals surface area (Å²) in [5.41, 5.74) is 1.30. The molecule has 0 spiro atoms. The van der Waals surface area contributed by atoms with Crippen LogP contribution in [-0.4, -0.2) is 53.3 Å². The van der Waals surface area contributed by atoms with Crippen molar-refractivity contribution < 1.29 is 47.9 Å². The van der Waals surface area contributed by atoms with Gasteiger partial charge in [0, 0.05) is 38.9 Å². The average molecular weight is 482 g/mol. The summed E-state index contributed by atoms with van der Waals surface area (Å²) >= 11 is 6.03. The number of alkyl halides is 2. The standard InChI is InChI=1S/C18H17ClF2N4O3.2ClH/c19-13-3-4-22-10-14(13)23-17(26)25-7-5-24(6-8-25)11-12-1-2-15-16(9-12)28-18(20,21)27-15;;/h1-4,9-10H,5-8,11H2,(H,23,26);2*1H/p-2. The van der Waals surface area contributed by atoms with Gasteiger partial charge in [0.15, 0.2) is 11.5 Å². The molecule has 1 N–H and O–H groups in total. The molecule has 2 amide bonds. The summed E-state index contributed by atoms with van der Waals surface area (Å²) in [7, 11) is 0. The van der Waals surface area contributed by atoms with Gasteiger partial charge in [0.2, 0.25) is 0 Å². The van der Waals surface area contributed by atoms with E-state index in [9.17, 15) is 13.6 Å². The van der Waals surface area contributed by atoms with Crippen molar-refractivity contribution in [3.8, 4) is 11.5 Å². The molecule has 1 aromatic carbocycles. The summed E-state index contributed by atoms with van der Waals surface area (Å²) < 4.78 is 35.1. The zero-order chi connectivity index (χ0) is 19.7. The predicted molar refractivity (Wildman–Crippen MR) is 97.8 cm³/mol. The fraction of sp³-hybridized carbons (Fsp3) is 0.333. The van der Waals surface area contributed by atoms with Crippen molar-refractivity contribution in [2.75, 3.05) is 31.5 Å². The number of amides is 2. The lowest BCUT2D eigenvalue weighted by molar-refractivity contribution is -0.286. The molecule has 0 atom stereocenters. The second-order valence-electron chi connectivity index (χ2n) is 6.50. The number of hydrogen-bond acceptors (Lipinski definition) is 5. The van der Waals surface area contributed by atoms with E-state index in [-0.39, 0.29) is 42.3 Å². The average Bonchev–Trinajstić information content (AvgIpc) is 2.97. The topological polar surface area (TPSA) is 66.9 Å². The molecule has 1 aromatic heterocycles. The molecule has 0 radical (unpaired) electrons. The summed E-state index contributed by atoms with van der Waals surface area (Å²) in [5, 5.41) is 3.18. The fourth-order valence-electron chi connectivity index (χ4n) is 3.12. The molecule has 30 heavy (non-hydrogen) atoms. The summed E-state index contributed by atoms with van der Waals surface area (Å²) in [6.07, 6.45) is -0.565. The molecular formula is C18H17Cl3F2N4O3-2. The van der Waals surface area contributed by atoms with E-state index in [0.717, 1.165) is 5.56 Å². The Morgan fingerprint density at radius 3 is 2.53 bits per heavy atom. The summed E-state index contributed by atoms with van der Waals surface area (Å²) in [4.78, 5) is 20.2. The Labute approximate surface area is 189 Å². The SMILES string of the molecule is O=C(Nc1cnccc1Cl)N1CCN(Cc2ccc3c(c2)OC(F)(F)O3)CC1.[Cl-].[Cl-]. The number of carbonyl (C=O) groups is 1. The van der Waals surface area contributed by atoms with Crippen molar-refractivity contribution in [3.05, 3.63) is 47.2 Å². The third kappa shape index (κ3) is 5.54. The Morgan fingerprint density at radius 1 is 1.13 bits per heavy atom. The van der Waals surface area contributed by atoms with Crippen molar-refractivity contribution in [1.29, 1.82) is 0 Å². The van der Waals surface area contributed by atoms with Crippen molar-refractivity contribution in [2.45, 2.75) is 12.8 Å². The van der Waals surface area contributed by atoms with E-state index in [1.54, 1.807) is 29.3 Å². The van der Waals surface area contributed by atoms with E-state index < -0.39 is 6.29 Å². The highest BCUT2D eigenvalue weighted by atomic mass is 35.5. The van der Waals surface area contributed by atoms with E-state index in [1.165, 1.54) is 12.3 Å². The predicted octanol–water partition coefficient (Wildman–Crippen LogP) is -2.59. The van der Waals surface area contributed by atoms with Crippen LogP contribution in [-0.2, 0) is 6.54 Å². The quantitative estimate of drug-likeness (QED) is 0.522. The minimum atomic E-state index is -3.61. The van der Waals surface area contributed by atoms with Gasteiger partial charge in [0.25, 0.3) is 0 Å². The molecule has 0 aliphatic carbocycles. The number of ether oxygens (including phenoxy) is 2. The van der Waals surface area contributed by atoms with Crippen LogP contribution in [0.2, 0.25) is 5.02 Å². The first-order valence-corrected chi connectivity index (χ1v) is 9.04. The van der Waals surface area contributed by atoms with Crippen LogP contribution in [0.3, 0.4) is 0 Å². The third-order valence-electron chi connectivity index (χ3n) is 4.54. The number of piperazine rings is 1. The number of anilines is 1. The summed E-state index contributed by atoms with van der Waals surface area (Å²) in [6, 6.07) is 6.13. The van der Waals surface area contributed by atoms with Crippen molar-refractivity contribution in [2.24, 2.45) is 0 Å². The second kappa shape index (κ2) is 9.82. The number of nitrogens with one attached hydrogen (secondary N) is 1. The van der Waals surface area contributed by atoms with Crippen LogP contribution < -0.4 is 39.6 Å². The highest BCUT2D eigenvalue weighted by molar-refractivity contribution is 6.33. The molecule has 1 fully saturated rings. The first-order valence-electron chi connectivity index (χ1n) is 8.66. The number of urea groups is 1. The van der Waals surface area contributed by atoms with E-state index in [1.807, 2.05) is 0 Å².